The highest BCUT2D eigenvalue weighted by atomic mass is 79.9. The van der Waals surface area contributed by atoms with Crippen LogP contribution in [0.25, 0.3) is 22.3 Å². The maximum Gasteiger partial charge on any atom is 0.225 e. The number of anilines is 1. The minimum Gasteiger partial charge on any atom is -0.354 e. The summed E-state index contributed by atoms with van der Waals surface area (Å²) in [7, 11) is 0. The summed E-state index contributed by atoms with van der Waals surface area (Å²) in [5.74, 6) is 0.624. The lowest BCUT2D eigenvalue weighted by Crippen LogP contribution is -2.05. The van der Waals surface area contributed by atoms with Crippen LogP contribution in [0.1, 0.15) is 13.3 Å². The second kappa shape index (κ2) is 5.58. The van der Waals surface area contributed by atoms with Crippen molar-refractivity contribution in [3.63, 3.8) is 0 Å². The van der Waals surface area contributed by atoms with Crippen molar-refractivity contribution in [2.75, 3.05) is 11.9 Å². The van der Waals surface area contributed by atoms with Gasteiger partial charge in [-0.15, -0.1) is 0 Å². The van der Waals surface area contributed by atoms with Crippen LogP contribution in [0.5, 0.6) is 0 Å². The van der Waals surface area contributed by atoms with Crippen LogP contribution in [0.4, 0.5) is 5.95 Å². The minimum atomic E-state index is 0.624. The van der Waals surface area contributed by atoms with Crippen LogP contribution < -0.4 is 5.32 Å². The molecule has 0 saturated carbocycles. The Morgan fingerprint density at radius 3 is 3.00 bits per heavy atom. The fourth-order valence-corrected chi connectivity index (χ4v) is 2.41. The predicted octanol–water partition coefficient (Wildman–Crippen LogP) is 3.60. The Hall–Kier alpha value is -1.95. The average molecular weight is 332 g/mol. The van der Waals surface area contributed by atoms with Crippen molar-refractivity contribution in [2.45, 2.75) is 13.3 Å². The van der Waals surface area contributed by atoms with Gasteiger partial charge in [0.15, 0.2) is 5.65 Å². The normalized spacial score (nSPS) is 10.9. The molecule has 0 amide bonds. The van der Waals surface area contributed by atoms with Crippen LogP contribution in [0.3, 0.4) is 0 Å². The maximum atomic E-state index is 4.62. The Morgan fingerprint density at radius 1 is 1.30 bits per heavy atom. The topological polar surface area (TPSA) is 66.5 Å². The number of hydrogen-bond acceptors (Lipinski definition) is 4. The fraction of sp³-hybridized carbons (Fsp3) is 0.214. The molecule has 0 aliphatic carbocycles. The third-order valence-corrected chi connectivity index (χ3v) is 3.43. The molecule has 0 spiro atoms. The zero-order valence-corrected chi connectivity index (χ0v) is 12.6. The summed E-state index contributed by atoms with van der Waals surface area (Å²) >= 11 is 3.49. The third kappa shape index (κ3) is 2.51. The van der Waals surface area contributed by atoms with Crippen molar-refractivity contribution >= 4 is 32.9 Å². The Bertz CT molecular complexity index is 737. The van der Waals surface area contributed by atoms with Gasteiger partial charge in [0.25, 0.3) is 0 Å². The van der Waals surface area contributed by atoms with Crippen LogP contribution in [-0.4, -0.2) is 26.7 Å². The van der Waals surface area contributed by atoms with E-state index in [4.69, 9.17) is 0 Å². The molecule has 0 fully saturated rings. The van der Waals surface area contributed by atoms with Crippen molar-refractivity contribution in [3.8, 4) is 11.3 Å². The Kier molecular flexibility index (Phi) is 3.64. The van der Waals surface area contributed by atoms with E-state index >= 15 is 0 Å². The van der Waals surface area contributed by atoms with E-state index in [-0.39, 0.29) is 0 Å². The first-order valence-electron chi connectivity index (χ1n) is 6.49. The Balaban J connectivity index is 2.14. The zero-order valence-electron chi connectivity index (χ0n) is 11.0. The monoisotopic (exact) mass is 331 g/mol. The van der Waals surface area contributed by atoms with E-state index in [0.717, 1.165) is 39.7 Å². The number of hydrogen-bond donors (Lipinski definition) is 2. The van der Waals surface area contributed by atoms with Crippen LogP contribution in [0, 0.1) is 0 Å². The second-order valence-electron chi connectivity index (χ2n) is 4.47. The van der Waals surface area contributed by atoms with Gasteiger partial charge in [0.05, 0.1) is 17.3 Å². The van der Waals surface area contributed by atoms with E-state index in [9.17, 15) is 0 Å². The minimum absolute atomic E-state index is 0.624. The standard InChI is InChI=1S/C14H14BrN5/c1-2-6-16-14-18-12(9-4-3-5-10(15)7-9)11-8-17-20-13(11)19-14/h3-5,7-8H,2,6H2,1H3,(H2,16,17,18,19,20). The molecule has 2 heterocycles. The van der Waals surface area contributed by atoms with Gasteiger partial charge in [0, 0.05) is 16.6 Å². The highest BCUT2D eigenvalue weighted by molar-refractivity contribution is 9.10. The molecule has 0 atom stereocenters. The largest absolute Gasteiger partial charge is 0.354 e. The molecule has 20 heavy (non-hydrogen) atoms. The molecule has 1 aromatic carbocycles. The van der Waals surface area contributed by atoms with Gasteiger partial charge in [-0.2, -0.15) is 10.1 Å². The van der Waals surface area contributed by atoms with Crippen molar-refractivity contribution in [1.82, 2.24) is 20.2 Å². The maximum absolute atomic E-state index is 4.62. The number of rotatable bonds is 4. The van der Waals surface area contributed by atoms with Gasteiger partial charge in [-0.3, -0.25) is 5.10 Å². The summed E-state index contributed by atoms with van der Waals surface area (Å²) in [5.41, 5.74) is 2.66. The van der Waals surface area contributed by atoms with E-state index in [1.54, 1.807) is 6.20 Å². The number of fused-ring (bicyclic) bond motifs is 1. The highest BCUT2D eigenvalue weighted by Crippen LogP contribution is 2.27. The lowest BCUT2D eigenvalue weighted by molar-refractivity contribution is 0.955. The quantitative estimate of drug-likeness (QED) is 0.766. The SMILES string of the molecule is CCCNc1nc(-c2cccc(Br)c2)c2cn[nH]c2n1. The number of benzene rings is 1. The number of nitrogens with one attached hydrogen (secondary N) is 2. The van der Waals surface area contributed by atoms with Gasteiger partial charge in [0.2, 0.25) is 5.95 Å². The lowest BCUT2D eigenvalue weighted by Gasteiger charge is -2.07. The molecule has 0 saturated heterocycles. The molecule has 0 aliphatic rings. The van der Waals surface area contributed by atoms with Gasteiger partial charge in [-0.25, -0.2) is 4.98 Å². The van der Waals surface area contributed by atoms with Gasteiger partial charge in [0.1, 0.15) is 0 Å². The van der Waals surface area contributed by atoms with E-state index in [2.05, 4.69) is 48.3 Å². The van der Waals surface area contributed by atoms with E-state index in [1.807, 2.05) is 24.3 Å². The molecule has 102 valence electrons. The van der Waals surface area contributed by atoms with E-state index in [1.165, 1.54) is 0 Å². The molecule has 6 heteroatoms. The highest BCUT2D eigenvalue weighted by Gasteiger charge is 2.11. The van der Waals surface area contributed by atoms with Crippen molar-refractivity contribution in [3.05, 3.63) is 34.9 Å². The van der Waals surface area contributed by atoms with Crippen LogP contribution in [0.15, 0.2) is 34.9 Å². The molecular weight excluding hydrogens is 318 g/mol. The summed E-state index contributed by atoms with van der Waals surface area (Å²) < 4.78 is 1.02. The van der Waals surface area contributed by atoms with Crippen molar-refractivity contribution < 1.29 is 0 Å². The van der Waals surface area contributed by atoms with Gasteiger partial charge >= 0.3 is 0 Å². The molecular formula is C14H14BrN5. The summed E-state index contributed by atoms with van der Waals surface area (Å²) in [6, 6.07) is 8.06. The van der Waals surface area contributed by atoms with Gasteiger partial charge < -0.3 is 5.32 Å². The third-order valence-electron chi connectivity index (χ3n) is 2.94. The van der Waals surface area contributed by atoms with Crippen LogP contribution in [-0.2, 0) is 0 Å². The summed E-state index contributed by atoms with van der Waals surface area (Å²) in [6.45, 7) is 2.95. The summed E-state index contributed by atoms with van der Waals surface area (Å²) in [6.07, 6.45) is 2.78. The molecule has 0 bridgehead atoms. The number of halogens is 1. The van der Waals surface area contributed by atoms with Crippen molar-refractivity contribution in [1.29, 1.82) is 0 Å². The molecule has 2 aromatic heterocycles. The molecule has 0 unspecified atom stereocenters. The molecule has 3 rings (SSSR count). The van der Waals surface area contributed by atoms with Crippen LogP contribution in [0.2, 0.25) is 0 Å². The first-order valence-corrected chi connectivity index (χ1v) is 7.28. The second-order valence-corrected chi connectivity index (χ2v) is 5.38. The zero-order chi connectivity index (χ0) is 13.9. The molecule has 5 nitrogen and oxygen atoms in total. The number of aromatic nitrogens is 4. The summed E-state index contributed by atoms with van der Waals surface area (Å²) in [5, 5.41) is 11.1. The predicted molar refractivity (Wildman–Crippen MR) is 83.6 cm³/mol. The van der Waals surface area contributed by atoms with Crippen molar-refractivity contribution in [2.24, 2.45) is 0 Å². The number of aromatic amines is 1. The molecule has 0 aliphatic heterocycles. The van der Waals surface area contributed by atoms with Crippen LogP contribution >= 0.6 is 15.9 Å². The smallest absolute Gasteiger partial charge is 0.225 e. The molecule has 2 N–H and O–H groups in total. The first kappa shape index (κ1) is 13.1. The molecule has 3 aromatic rings. The van der Waals surface area contributed by atoms with E-state index in [0.29, 0.717) is 5.95 Å². The number of nitrogens with zero attached hydrogens (tertiary/aromatic N) is 3. The number of H-pyrrole nitrogens is 1. The average Bonchev–Trinajstić information content (AvgIpc) is 2.92. The first-order chi connectivity index (χ1) is 9.78. The summed E-state index contributed by atoms with van der Waals surface area (Å²) in [4.78, 5) is 9.05. The Morgan fingerprint density at radius 2 is 2.20 bits per heavy atom. The van der Waals surface area contributed by atoms with Gasteiger partial charge in [-0.1, -0.05) is 35.0 Å². The Labute approximate surface area is 125 Å². The lowest BCUT2D eigenvalue weighted by atomic mass is 10.1. The molecule has 0 radical (unpaired) electrons. The van der Waals surface area contributed by atoms with Gasteiger partial charge in [-0.05, 0) is 18.6 Å². The fourth-order valence-electron chi connectivity index (χ4n) is 2.01. The van der Waals surface area contributed by atoms with E-state index < -0.39 is 0 Å².